The fourth-order valence-electron chi connectivity index (χ4n) is 7.12. The maximum atomic E-state index is 6.62. The molecule has 4 nitrogen and oxygen atoms in total. The number of hydrogen-bond acceptors (Lipinski definition) is 4. The van der Waals surface area contributed by atoms with Gasteiger partial charge >= 0.3 is 0 Å². The van der Waals surface area contributed by atoms with Gasteiger partial charge in [0.05, 0.1) is 0 Å². The normalized spacial score (nSPS) is 11.5. The molecule has 0 atom stereocenters. The lowest BCUT2D eigenvalue weighted by Gasteiger charge is -2.11. The topological polar surface area (TPSA) is 51.8 Å². The molecule has 10 aromatic rings. The molecule has 51 heavy (non-hydrogen) atoms. The van der Waals surface area contributed by atoms with Gasteiger partial charge in [0.25, 0.3) is 0 Å². The first-order chi connectivity index (χ1) is 25.2. The van der Waals surface area contributed by atoms with E-state index in [4.69, 9.17) is 19.4 Å². The highest BCUT2D eigenvalue weighted by Crippen LogP contribution is 2.40. The molecule has 2 heterocycles. The van der Waals surface area contributed by atoms with E-state index in [9.17, 15) is 0 Å². The third kappa shape index (κ3) is 5.13. The summed E-state index contributed by atoms with van der Waals surface area (Å²) in [6.07, 6.45) is 0. The molecular formula is C47H29N3O. The molecule has 8 aromatic carbocycles. The van der Waals surface area contributed by atoms with Crippen LogP contribution in [-0.4, -0.2) is 15.0 Å². The molecule has 0 unspecified atom stereocenters. The van der Waals surface area contributed by atoms with E-state index < -0.39 is 0 Å². The van der Waals surface area contributed by atoms with Gasteiger partial charge in [-0.3, -0.25) is 0 Å². The van der Waals surface area contributed by atoms with Crippen molar-refractivity contribution in [3.05, 3.63) is 176 Å². The number of nitrogens with zero attached hydrogens (tertiary/aromatic N) is 3. The molecule has 0 amide bonds. The van der Waals surface area contributed by atoms with Crippen molar-refractivity contribution in [1.82, 2.24) is 15.0 Å². The van der Waals surface area contributed by atoms with Crippen LogP contribution in [0.25, 0.3) is 99.9 Å². The van der Waals surface area contributed by atoms with Gasteiger partial charge in [0, 0.05) is 32.8 Å². The van der Waals surface area contributed by atoms with E-state index in [1.54, 1.807) is 0 Å². The predicted octanol–water partition coefficient (Wildman–Crippen LogP) is 12.4. The summed E-state index contributed by atoms with van der Waals surface area (Å²) in [7, 11) is 0. The van der Waals surface area contributed by atoms with Gasteiger partial charge in [-0.15, -0.1) is 0 Å². The lowest BCUT2D eigenvalue weighted by molar-refractivity contribution is 0.673. The zero-order chi connectivity index (χ0) is 33.7. The predicted molar refractivity (Wildman–Crippen MR) is 209 cm³/mol. The number of fused-ring (bicyclic) bond motifs is 6. The van der Waals surface area contributed by atoms with Crippen LogP contribution in [0, 0.1) is 0 Å². The zero-order valence-corrected chi connectivity index (χ0v) is 27.5. The van der Waals surface area contributed by atoms with Crippen LogP contribution in [0.1, 0.15) is 0 Å². The molecule has 4 heteroatoms. The summed E-state index contributed by atoms with van der Waals surface area (Å²) in [5.74, 6) is 1.87. The van der Waals surface area contributed by atoms with Gasteiger partial charge in [-0.2, -0.15) is 0 Å². The molecule has 2 aromatic heterocycles. The molecule has 0 fully saturated rings. The van der Waals surface area contributed by atoms with Gasteiger partial charge in [0.1, 0.15) is 11.2 Å². The largest absolute Gasteiger partial charge is 0.455 e. The van der Waals surface area contributed by atoms with E-state index in [0.29, 0.717) is 17.5 Å². The second-order valence-corrected chi connectivity index (χ2v) is 12.8. The number of aromatic nitrogens is 3. The molecule has 0 aliphatic heterocycles. The van der Waals surface area contributed by atoms with Crippen LogP contribution < -0.4 is 0 Å². The first-order valence-electron chi connectivity index (χ1n) is 17.1. The van der Waals surface area contributed by atoms with Crippen LogP contribution in [0.3, 0.4) is 0 Å². The maximum absolute atomic E-state index is 6.62. The van der Waals surface area contributed by atoms with Gasteiger partial charge in [-0.1, -0.05) is 152 Å². The monoisotopic (exact) mass is 651 g/mol. The van der Waals surface area contributed by atoms with Crippen molar-refractivity contribution in [2.75, 3.05) is 0 Å². The van der Waals surface area contributed by atoms with Crippen molar-refractivity contribution in [3.63, 3.8) is 0 Å². The molecule has 0 bridgehead atoms. The molecule has 10 rings (SSSR count). The van der Waals surface area contributed by atoms with E-state index in [2.05, 4.69) is 140 Å². The molecule has 0 aliphatic carbocycles. The van der Waals surface area contributed by atoms with Crippen LogP contribution in [0.4, 0.5) is 0 Å². The maximum Gasteiger partial charge on any atom is 0.164 e. The van der Waals surface area contributed by atoms with Gasteiger partial charge < -0.3 is 4.42 Å². The minimum atomic E-state index is 0.616. The van der Waals surface area contributed by atoms with E-state index in [1.165, 1.54) is 16.3 Å². The second-order valence-electron chi connectivity index (χ2n) is 12.8. The minimum Gasteiger partial charge on any atom is -0.455 e. The average Bonchev–Trinajstić information content (AvgIpc) is 3.59. The van der Waals surface area contributed by atoms with Crippen molar-refractivity contribution in [2.45, 2.75) is 0 Å². The highest BCUT2D eigenvalue weighted by Gasteiger charge is 2.19. The third-order valence-corrected chi connectivity index (χ3v) is 9.72. The molecule has 0 saturated heterocycles. The lowest BCUT2D eigenvalue weighted by Crippen LogP contribution is -2.00. The van der Waals surface area contributed by atoms with Crippen molar-refractivity contribution in [1.29, 1.82) is 0 Å². The molecule has 0 N–H and O–H groups in total. The Kier molecular flexibility index (Phi) is 6.78. The fraction of sp³-hybridized carbons (Fsp3) is 0. The number of hydrogen-bond donors (Lipinski definition) is 0. The van der Waals surface area contributed by atoms with E-state index in [-0.39, 0.29) is 0 Å². The summed E-state index contributed by atoms with van der Waals surface area (Å²) in [4.78, 5) is 15.3. The minimum absolute atomic E-state index is 0.616. The number of rotatable bonds is 5. The Balaban J connectivity index is 1.14. The quantitative estimate of drug-likeness (QED) is 0.186. The van der Waals surface area contributed by atoms with Crippen LogP contribution in [0.15, 0.2) is 180 Å². The molecule has 0 saturated carbocycles. The van der Waals surface area contributed by atoms with Crippen LogP contribution in [-0.2, 0) is 0 Å². The number of benzene rings is 8. The van der Waals surface area contributed by atoms with Gasteiger partial charge in [-0.05, 0) is 62.7 Å². The summed E-state index contributed by atoms with van der Waals surface area (Å²) in [6.45, 7) is 0. The lowest BCUT2D eigenvalue weighted by atomic mass is 9.98. The third-order valence-electron chi connectivity index (χ3n) is 9.72. The van der Waals surface area contributed by atoms with Gasteiger partial charge in [0.2, 0.25) is 0 Å². The fourth-order valence-corrected chi connectivity index (χ4v) is 7.12. The highest BCUT2D eigenvalue weighted by atomic mass is 16.3. The smallest absolute Gasteiger partial charge is 0.164 e. The van der Waals surface area contributed by atoms with Crippen molar-refractivity contribution in [2.24, 2.45) is 0 Å². The second kappa shape index (κ2) is 11.9. The average molecular weight is 652 g/mol. The Morgan fingerprint density at radius 1 is 0.314 bits per heavy atom. The van der Waals surface area contributed by atoms with Gasteiger partial charge in [-0.25, -0.2) is 15.0 Å². The molecule has 0 spiro atoms. The Morgan fingerprint density at radius 2 is 0.843 bits per heavy atom. The SMILES string of the molecule is c1ccc(-c2ccc3c(c2)oc2c4ccccc4c(-c4nc(-c5ccccc5)nc(-c5ccc(-c6ccc7ccccc7c6)cc5)n4)cc32)cc1. The Bertz CT molecular complexity index is 2900. The Morgan fingerprint density at radius 3 is 1.61 bits per heavy atom. The Labute approximate surface area is 294 Å². The van der Waals surface area contributed by atoms with E-state index in [1.807, 2.05) is 36.4 Å². The van der Waals surface area contributed by atoms with Crippen molar-refractivity contribution < 1.29 is 4.42 Å². The summed E-state index contributed by atoms with van der Waals surface area (Å²) in [5.41, 5.74) is 9.08. The molecule has 238 valence electrons. The first-order valence-corrected chi connectivity index (χ1v) is 17.1. The van der Waals surface area contributed by atoms with Crippen molar-refractivity contribution in [3.8, 4) is 56.4 Å². The molecule has 0 aliphatic rings. The first kappa shape index (κ1) is 29.0. The van der Waals surface area contributed by atoms with E-state index >= 15 is 0 Å². The highest BCUT2D eigenvalue weighted by molar-refractivity contribution is 6.19. The summed E-state index contributed by atoms with van der Waals surface area (Å²) >= 11 is 0. The number of furan rings is 1. The van der Waals surface area contributed by atoms with Crippen LogP contribution >= 0.6 is 0 Å². The standard InChI is InChI=1S/C47H29N3O/c1-3-11-30(12-4-1)37-25-26-39-41-29-42(38-17-9-10-18-40(38)44(41)51-43(39)28-37)47-49-45(33-14-5-2-6-15-33)48-46(50-47)34-22-19-32(20-23-34)36-24-21-31-13-7-8-16-35(31)27-36/h1-29H. The van der Waals surface area contributed by atoms with Crippen LogP contribution in [0.2, 0.25) is 0 Å². The van der Waals surface area contributed by atoms with E-state index in [0.717, 1.165) is 66.1 Å². The van der Waals surface area contributed by atoms with Crippen molar-refractivity contribution >= 4 is 43.5 Å². The summed E-state index contributed by atoms with van der Waals surface area (Å²) in [5, 5.41) is 6.58. The molecule has 0 radical (unpaired) electrons. The van der Waals surface area contributed by atoms with Crippen LogP contribution in [0.5, 0.6) is 0 Å². The van der Waals surface area contributed by atoms with Gasteiger partial charge in [0.15, 0.2) is 17.5 Å². The zero-order valence-electron chi connectivity index (χ0n) is 27.5. The summed E-state index contributed by atoms with van der Waals surface area (Å²) < 4.78 is 6.62. The Hall–Kier alpha value is -6.91. The summed E-state index contributed by atoms with van der Waals surface area (Å²) in [6, 6.07) is 61.0. The molecular weight excluding hydrogens is 623 g/mol.